The Morgan fingerprint density at radius 3 is 2.77 bits per heavy atom. The number of imidazole rings is 1. The second-order valence-electron chi connectivity index (χ2n) is 7.37. The molecule has 1 fully saturated rings. The highest BCUT2D eigenvalue weighted by atomic mass is 19.3. The summed E-state index contributed by atoms with van der Waals surface area (Å²) in [5.74, 6) is -1.32. The molecule has 1 saturated heterocycles. The van der Waals surface area contributed by atoms with Crippen LogP contribution in [0, 0.1) is 12.7 Å². The Balaban J connectivity index is 1.76. The van der Waals surface area contributed by atoms with Gasteiger partial charge in [-0.05, 0) is 19.1 Å². The Hall–Kier alpha value is -2.85. The van der Waals surface area contributed by atoms with Gasteiger partial charge in [-0.15, -0.1) is 0 Å². The van der Waals surface area contributed by atoms with Gasteiger partial charge in [0.2, 0.25) is 0 Å². The molecular weight excluding hydrogens is 413 g/mol. The number of aryl methyl sites for hydroxylation is 1. The molecule has 0 N–H and O–H groups in total. The Morgan fingerprint density at radius 1 is 1.26 bits per heavy atom. The molecule has 0 aliphatic carbocycles. The highest BCUT2D eigenvalue weighted by Gasteiger charge is 2.34. The normalized spacial score (nSPS) is 17.9. The number of halogens is 3. The highest BCUT2D eigenvalue weighted by Crippen LogP contribution is 2.32. The summed E-state index contributed by atoms with van der Waals surface area (Å²) in [7, 11) is 0. The lowest BCUT2D eigenvalue weighted by Crippen LogP contribution is -2.36. The molecule has 0 spiro atoms. The molecule has 7 nitrogen and oxygen atoms in total. The van der Waals surface area contributed by atoms with Gasteiger partial charge in [0.05, 0.1) is 61.3 Å². The fraction of sp³-hybridized carbons (Fsp3) is 0.429. The third-order valence-corrected chi connectivity index (χ3v) is 5.15. The van der Waals surface area contributed by atoms with Crippen molar-refractivity contribution in [2.24, 2.45) is 0 Å². The molecule has 164 valence electrons. The zero-order chi connectivity index (χ0) is 22.0. The van der Waals surface area contributed by atoms with Gasteiger partial charge in [-0.25, -0.2) is 23.1 Å². The first kappa shape index (κ1) is 21.4. The monoisotopic (exact) mass is 434 g/mol. The van der Waals surface area contributed by atoms with E-state index in [2.05, 4.69) is 15.0 Å². The zero-order valence-electron chi connectivity index (χ0n) is 16.8. The van der Waals surface area contributed by atoms with E-state index in [9.17, 15) is 18.0 Å². The molecule has 0 amide bonds. The lowest BCUT2D eigenvalue weighted by molar-refractivity contribution is -0.0993. The number of carbonyl (C=O) groups is 1. The molecule has 10 heteroatoms. The van der Waals surface area contributed by atoms with Crippen LogP contribution in [0.5, 0.6) is 0 Å². The van der Waals surface area contributed by atoms with Crippen molar-refractivity contribution in [2.45, 2.75) is 38.3 Å². The van der Waals surface area contributed by atoms with Gasteiger partial charge in [-0.2, -0.15) is 0 Å². The molecule has 1 aliphatic heterocycles. The standard InChI is InChI=1S/C21H21F3N4O3/c1-12-8-26-16(9-25-12)18(29)7-14(19-11-30-4-5-31-19)21-27-15-6-13(22)2-3-17(15)28(21)10-20(23)24/h2-3,6,8-9,14,19-20H,4-5,7,10-11H2,1H3/t14-,19+/m0/s1. The van der Waals surface area contributed by atoms with Crippen molar-refractivity contribution >= 4 is 16.8 Å². The molecule has 0 radical (unpaired) electrons. The van der Waals surface area contributed by atoms with Crippen LogP contribution in [0.1, 0.15) is 34.3 Å². The molecule has 31 heavy (non-hydrogen) atoms. The first-order chi connectivity index (χ1) is 14.9. The molecule has 4 rings (SSSR count). The van der Waals surface area contributed by atoms with Crippen LogP contribution < -0.4 is 0 Å². The van der Waals surface area contributed by atoms with Crippen molar-refractivity contribution in [3.63, 3.8) is 0 Å². The number of alkyl halides is 2. The Bertz CT molecular complexity index is 1070. The molecule has 2 atom stereocenters. The van der Waals surface area contributed by atoms with Crippen LogP contribution in [0.4, 0.5) is 13.2 Å². The van der Waals surface area contributed by atoms with Crippen molar-refractivity contribution in [3.8, 4) is 0 Å². The number of nitrogens with zero attached hydrogens (tertiary/aromatic N) is 4. The summed E-state index contributed by atoms with van der Waals surface area (Å²) in [5.41, 5.74) is 1.42. The molecule has 1 aliphatic rings. The van der Waals surface area contributed by atoms with E-state index in [4.69, 9.17) is 9.47 Å². The van der Waals surface area contributed by atoms with Crippen LogP contribution in [0.15, 0.2) is 30.6 Å². The first-order valence-corrected chi connectivity index (χ1v) is 9.87. The van der Waals surface area contributed by atoms with Crippen LogP contribution in [0.3, 0.4) is 0 Å². The van der Waals surface area contributed by atoms with E-state index in [0.29, 0.717) is 24.4 Å². The molecule has 0 unspecified atom stereocenters. The second kappa shape index (κ2) is 9.11. The number of fused-ring (bicyclic) bond motifs is 1. The maximum atomic E-state index is 13.7. The zero-order valence-corrected chi connectivity index (χ0v) is 16.8. The summed E-state index contributed by atoms with van der Waals surface area (Å²) >= 11 is 0. The predicted molar refractivity (Wildman–Crippen MR) is 105 cm³/mol. The summed E-state index contributed by atoms with van der Waals surface area (Å²) in [5, 5.41) is 0. The second-order valence-corrected chi connectivity index (χ2v) is 7.37. The number of carbonyl (C=O) groups excluding carboxylic acids is 1. The van der Waals surface area contributed by atoms with Gasteiger partial charge in [0, 0.05) is 18.7 Å². The van der Waals surface area contributed by atoms with Crippen molar-refractivity contribution in [1.82, 2.24) is 19.5 Å². The fourth-order valence-corrected chi connectivity index (χ4v) is 3.70. The molecule has 3 aromatic rings. The molecular formula is C21H21F3N4O3. The van der Waals surface area contributed by atoms with E-state index in [0.717, 1.165) is 0 Å². The third kappa shape index (κ3) is 4.75. The third-order valence-electron chi connectivity index (χ3n) is 5.15. The topological polar surface area (TPSA) is 79.1 Å². The van der Waals surface area contributed by atoms with Gasteiger partial charge in [-0.1, -0.05) is 0 Å². The van der Waals surface area contributed by atoms with E-state index >= 15 is 0 Å². The summed E-state index contributed by atoms with van der Waals surface area (Å²) in [6, 6.07) is 3.79. The van der Waals surface area contributed by atoms with Crippen LogP contribution in [0.2, 0.25) is 0 Å². The highest BCUT2D eigenvalue weighted by molar-refractivity contribution is 5.94. The first-order valence-electron chi connectivity index (χ1n) is 9.87. The smallest absolute Gasteiger partial charge is 0.256 e. The Kier molecular flexibility index (Phi) is 6.28. The molecule has 1 aromatic carbocycles. The van der Waals surface area contributed by atoms with E-state index in [-0.39, 0.29) is 35.8 Å². The van der Waals surface area contributed by atoms with Gasteiger partial charge in [0.15, 0.2) is 5.78 Å². The number of Topliss-reactive ketones (excluding diaryl/α,β-unsaturated/α-hetero) is 1. The molecule has 0 bridgehead atoms. The number of hydrogen-bond donors (Lipinski definition) is 0. The van der Waals surface area contributed by atoms with Crippen LogP contribution >= 0.6 is 0 Å². The van der Waals surface area contributed by atoms with Crippen molar-refractivity contribution in [3.05, 3.63) is 53.6 Å². The van der Waals surface area contributed by atoms with Crippen LogP contribution in [0.25, 0.3) is 11.0 Å². The number of hydrogen-bond acceptors (Lipinski definition) is 6. The van der Waals surface area contributed by atoms with E-state index < -0.39 is 30.8 Å². The van der Waals surface area contributed by atoms with Gasteiger partial charge in [0.25, 0.3) is 6.43 Å². The maximum absolute atomic E-state index is 13.7. The number of benzene rings is 1. The van der Waals surface area contributed by atoms with Gasteiger partial charge in [0.1, 0.15) is 17.3 Å². The van der Waals surface area contributed by atoms with E-state index in [1.54, 1.807) is 6.92 Å². The minimum absolute atomic E-state index is 0.0964. The maximum Gasteiger partial charge on any atom is 0.256 e. The number of ether oxygens (including phenoxy) is 2. The van der Waals surface area contributed by atoms with Crippen LogP contribution in [-0.4, -0.2) is 57.7 Å². The van der Waals surface area contributed by atoms with Gasteiger partial charge >= 0.3 is 0 Å². The van der Waals surface area contributed by atoms with Crippen molar-refractivity contribution < 1.29 is 27.4 Å². The average molecular weight is 434 g/mol. The SMILES string of the molecule is Cc1cnc(C(=O)C[C@H](c2nc3cc(F)ccc3n2CC(F)F)[C@H]2COCCO2)cn1. The largest absolute Gasteiger partial charge is 0.376 e. The summed E-state index contributed by atoms with van der Waals surface area (Å²) in [6.45, 7) is 2.01. The summed E-state index contributed by atoms with van der Waals surface area (Å²) in [4.78, 5) is 25.6. The number of aromatic nitrogens is 4. The predicted octanol–water partition coefficient (Wildman–Crippen LogP) is 3.31. The van der Waals surface area contributed by atoms with E-state index in [1.165, 1.54) is 35.2 Å². The number of rotatable bonds is 7. The van der Waals surface area contributed by atoms with Crippen molar-refractivity contribution in [2.75, 3.05) is 19.8 Å². The van der Waals surface area contributed by atoms with Crippen LogP contribution in [-0.2, 0) is 16.0 Å². The van der Waals surface area contributed by atoms with E-state index in [1.807, 2.05) is 0 Å². The molecule has 3 heterocycles. The quantitative estimate of drug-likeness (QED) is 0.531. The number of ketones is 1. The van der Waals surface area contributed by atoms with Crippen molar-refractivity contribution in [1.29, 1.82) is 0 Å². The Morgan fingerprint density at radius 2 is 2.10 bits per heavy atom. The minimum atomic E-state index is -2.66. The van der Waals surface area contributed by atoms with Gasteiger partial charge in [-0.3, -0.25) is 9.78 Å². The summed E-state index contributed by atoms with van der Waals surface area (Å²) < 4.78 is 53.2. The van der Waals surface area contributed by atoms with Gasteiger partial charge < -0.3 is 14.0 Å². The Labute approximate surface area is 176 Å². The lowest BCUT2D eigenvalue weighted by Gasteiger charge is -2.30. The average Bonchev–Trinajstić information content (AvgIpc) is 3.09. The molecule has 2 aromatic heterocycles. The molecule has 0 saturated carbocycles. The summed E-state index contributed by atoms with van der Waals surface area (Å²) in [6.07, 6.45) is -0.471. The lowest BCUT2D eigenvalue weighted by atomic mass is 9.93. The minimum Gasteiger partial charge on any atom is -0.376 e. The fourth-order valence-electron chi connectivity index (χ4n) is 3.70.